The zero-order valence-electron chi connectivity index (χ0n) is 17.6. The molecule has 2 aromatic heterocycles. The Morgan fingerprint density at radius 1 is 1.06 bits per heavy atom. The van der Waals surface area contributed by atoms with Crippen LogP contribution in [0, 0.1) is 12.7 Å². The van der Waals surface area contributed by atoms with Gasteiger partial charge in [0.15, 0.2) is 11.6 Å². The van der Waals surface area contributed by atoms with E-state index in [1.165, 1.54) is 11.8 Å². The first-order chi connectivity index (χ1) is 15.3. The van der Waals surface area contributed by atoms with Gasteiger partial charge in [-0.15, -0.1) is 11.8 Å². The van der Waals surface area contributed by atoms with E-state index in [9.17, 15) is 9.18 Å². The van der Waals surface area contributed by atoms with Gasteiger partial charge in [0.2, 0.25) is 11.9 Å². The van der Waals surface area contributed by atoms with Crippen molar-refractivity contribution in [2.45, 2.75) is 30.4 Å². The van der Waals surface area contributed by atoms with Crippen molar-refractivity contribution < 1.29 is 9.18 Å². The average molecular weight is 450 g/mol. The van der Waals surface area contributed by atoms with Crippen LogP contribution in [-0.4, -0.2) is 30.6 Å². The summed E-state index contributed by atoms with van der Waals surface area (Å²) in [7, 11) is 0. The van der Waals surface area contributed by atoms with Crippen molar-refractivity contribution in [1.82, 2.24) is 19.9 Å². The van der Waals surface area contributed by atoms with Gasteiger partial charge in [0, 0.05) is 16.3 Å². The number of carbonyl (C=O) groups excluding carboxylic acids is 1. The van der Waals surface area contributed by atoms with Crippen molar-refractivity contribution in [3.05, 3.63) is 54.2 Å². The molecule has 1 aliphatic heterocycles. The maximum atomic E-state index is 14.4. The number of amides is 1. The van der Waals surface area contributed by atoms with Crippen molar-refractivity contribution in [1.29, 1.82) is 0 Å². The van der Waals surface area contributed by atoms with Crippen LogP contribution in [-0.2, 0) is 4.79 Å². The normalized spacial score (nSPS) is 14.7. The van der Waals surface area contributed by atoms with Gasteiger partial charge in [-0.05, 0) is 57.2 Å². The van der Waals surface area contributed by atoms with Gasteiger partial charge in [0.25, 0.3) is 0 Å². The van der Waals surface area contributed by atoms with E-state index < -0.39 is 10.6 Å². The minimum absolute atomic E-state index is 0.0241. The maximum absolute atomic E-state index is 14.4. The molecule has 0 aliphatic carbocycles. The van der Waals surface area contributed by atoms with E-state index in [0.29, 0.717) is 11.4 Å². The number of hydrogen-bond donors (Lipinski definition) is 4. The summed E-state index contributed by atoms with van der Waals surface area (Å²) in [6.45, 7) is 5.64. The summed E-state index contributed by atoms with van der Waals surface area (Å²) in [4.78, 5) is 29.1. The zero-order valence-corrected chi connectivity index (χ0v) is 18.4. The molecule has 0 saturated carbocycles. The van der Waals surface area contributed by atoms with Crippen molar-refractivity contribution in [2.75, 3.05) is 16.0 Å². The van der Waals surface area contributed by atoms with Gasteiger partial charge in [-0.25, -0.2) is 14.4 Å². The molecule has 0 spiro atoms. The number of imidazole rings is 1. The van der Waals surface area contributed by atoms with Gasteiger partial charge in [-0.1, -0.05) is 0 Å². The summed E-state index contributed by atoms with van der Waals surface area (Å²) >= 11 is 1.49. The molecule has 4 N–H and O–H groups in total. The number of carbonyl (C=O) groups is 1. The topological polar surface area (TPSA) is 108 Å². The molecule has 1 aliphatic rings. The Morgan fingerprint density at radius 3 is 2.69 bits per heavy atom. The molecule has 32 heavy (non-hydrogen) atoms. The number of aryl methyl sites for hydroxylation is 1. The molecule has 0 saturated heterocycles. The fourth-order valence-corrected chi connectivity index (χ4v) is 4.43. The van der Waals surface area contributed by atoms with Crippen LogP contribution in [0.25, 0.3) is 11.0 Å². The third-order valence-corrected chi connectivity index (χ3v) is 6.27. The van der Waals surface area contributed by atoms with Crippen LogP contribution in [0.1, 0.15) is 19.7 Å². The van der Waals surface area contributed by atoms with Crippen molar-refractivity contribution in [2.24, 2.45) is 0 Å². The number of nitrogens with one attached hydrogen (secondary N) is 4. The quantitative estimate of drug-likeness (QED) is 0.343. The molecule has 0 fully saturated rings. The second kappa shape index (κ2) is 7.49. The SMILES string of the molecule is Cc1nc2ccc(Nc3ncc(F)c(Nc4ccc5c(c4)NC(=O)C(C)(C)S5)n3)cc2[nH]1. The fraction of sp³-hybridized carbons (Fsp3) is 0.182. The molecule has 162 valence electrons. The lowest BCUT2D eigenvalue weighted by atomic mass is 10.1. The van der Waals surface area contributed by atoms with Crippen molar-refractivity contribution in [3.8, 4) is 0 Å². The number of thioether (sulfide) groups is 1. The highest BCUT2D eigenvalue weighted by Gasteiger charge is 2.34. The van der Waals surface area contributed by atoms with Gasteiger partial charge in [0.1, 0.15) is 5.82 Å². The second-order valence-corrected chi connectivity index (χ2v) is 9.64. The number of fused-ring (bicyclic) bond motifs is 2. The van der Waals surface area contributed by atoms with Gasteiger partial charge < -0.3 is 20.9 Å². The van der Waals surface area contributed by atoms with Gasteiger partial charge in [-0.3, -0.25) is 4.79 Å². The molecule has 5 rings (SSSR count). The summed E-state index contributed by atoms with van der Waals surface area (Å²) in [5.74, 6) is 0.428. The monoisotopic (exact) mass is 449 g/mol. The smallest absolute Gasteiger partial charge is 0.240 e. The number of aromatic nitrogens is 4. The number of nitrogens with zero attached hydrogens (tertiary/aromatic N) is 3. The largest absolute Gasteiger partial charge is 0.342 e. The first kappa shape index (κ1) is 20.3. The molecule has 4 aromatic rings. The summed E-state index contributed by atoms with van der Waals surface area (Å²) in [6.07, 6.45) is 1.11. The third kappa shape index (κ3) is 3.84. The number of anilines is 5. The molecular weight excluding hydrogens is 429 g/mol. The molecule has 0 bridgehead atoms. The van der Waals surface area contributed by atoms with Crippen molar-refractivity contribution in [3.63, 3.8) is 0 Å². The first-order valence-corrected chi connectivity index (χ1v) is 10.8. The third-order valence-electron chi connectivity index (χ3n) is 5.00. The predicted molar refractivity (Wildman–Crippen MR) is 124 cm³/mol. The van der Waals surface area contributed by atoms with Gasteiger partial charge >= 0.3 is 0 Å². The number of aromatic amines is 1. The summed E-state index contributed by atoms with van der Waals surface area (Å²) in [5.41, 5.74) is 3.76. The Labute approximate surface area is 187 Å². The van der Waals surface area contributed by atoms with Crippen LogP contribution >= 0.6 is 11.8 Å². The first-order valence-electron chi connectivity index (χ1n) is 9.94. The number of halogens is 1. The minimum atomic E-state index is -0.590. The van der Waals surface area contributed by atoms with E-state index >= 15 is 0 Å². The summed E-state index contributed by atoms with van der Waals surface area (Å²) in [6, 6.07) is 11.1. The Morgan fingerprint density at radius 2 is 1.84 bits per heavy atom. The summed E-state index contributed by atoms with van der Waals surface area (Å²) < 4.78 is 13.9. The van der Waals surface area contributed by atoms with E-state index in [4.69, 9.17) is 0 Å². The second-order valence-electron chi connectivity index (χ2n) is 7.97. The standard InChI is InChI=1S/C22H20FN7OS/c1-11-25-15-6-4-13(8-16(15)26-11)28-21-24-10-14(23)19(30-21)27-12-5-7-18-17(9-12)29-20(31)22(2,3)32-18/h4-10H,1-3H3,(H,25,26)(H,29,31)(H2,24,27,28,30). The predicted octanol–water partition coefficient (Wildman–Crippen LogP) is 5.11. The van der Waals surface area contributed by atoms with E-state index in [2.05, 4.69) is 35.9 Å². The number of hydrogen-bond acceptors (Lipinski definition) is 7. The lowest BCUT2D eigenvalue weighted by Crippen LogP contribution is -2.37. The molecular formula is C22H20FN7OS. The average Bonchev–Trinajstić information content (AvgIpc) is 3.11. The highest BCUT2D eigenvalue weighted by atomic mass is 32.2. The van der Waals surface area contributed by atoms with E-state index in [1.54, 1.807) is 6.07 Å². The van der Waals surface area contributed by atoms with E-state index in [0.717, 1.165) is 33.6 Å². The van der Waals surface area contributed by atoms with Gasteiger partial charge in [0.05, 0.1) is 27.7 Å². The lowest BCUT2D eigenvalue weighted by Gasteiger charge is -2.30. The number of rotatable bonds is 4. The van der Waals surface area contributed by atoms with Crippen LogP contribution in [0.15, 0.2) is 47.5 Å². The maximum Gasteiger partial charge on any atom is 0.240 e. The molecule has 0 unspecified atom stereocenters. The molecule has 1 amide bonds. The molecule has 0 radical (unpaired) electrons. The van der Waals surface area contributed by atoms with Crippen molar-refractivity contribution >= 4 is 57.5 Å². The Balaban J connectivity index is 1.38. The van der Waals surface area contributed by atoms with Crippen LogP contribution < -0.4 is 16.0 Å². The summed E-state index contributed by atoms with van der Waals surface area (Å²) in [5, 5.41) is 8.97. The van der Waals surface area contributed by atoms with E-state index in [-0.39, 0.29) is 17.7 Å². The fourth-order valence-electron chi connectivity index (χ4n) is 3.38. The van der Waals surface area contributed by atoms with Crippen LogP contribution in [0.5, 0.6) is 0 Å². The van der Waals surface area contributed by atoms with Crippen LogP contribution in [0.4, 0.5) is 33.2 Å². The number of benzene rings is 2. The molecule has 3 heterocycles. The molecule has 2 aromatic carbocycles. The molecule has 0 atom stereocenters. The molecule has 8 nitrogen and oxygen atoms in total. The Bertz CT molecular complexity index is 1370. The van der Waals surface area contributed by atoms with Crippen LogP contribution in [0.3, 0.4) is 0 Å². The highest BCUT2D eigenvalue weighted by molar-refractivity contribution is 8.01. The Kier molecular flexibility index (Phi) is 4.74. The minimum Gasteiger partial charge on any atom is -0.342 e. The highest BCUT2D eigenvalue weighted by Crippen LogP contribution is 2.43. The number of H-pyrrole nitrogens is 1. The Hall–Kier alpha value is -3.66. The van der Waals surface area contributed by atoms with Crippen LogP contribution in [0.2, 0.25) is 0 Å². The lowest BCUT2D eigenvalue weighted by molar-refractivity contribution is -0.117. The van der Waals surface area contributed by atoms with E-state index in [1.807, 2.05) is 51.1 Å². The van der Waals surface area contributed by atoms with Gasteiger partial charge in [-0.2, -0.15) is 4.98 Å². The molecule has 10 heteroatoms. The zero-order chi connectivity index (χ0) is 22.5.